The van der Waals surface area contributed by atoms with Crippen molar-refractivity contribution in [3.8, 4) is 0 Å². The van der Waals surface area contributed by atoms with Crippen LogP contribution in [0, 0.1) is 5.92 Å². The molecule has 16 heavy (non-hydrogen) atoms. The van der Waals surface area contributed by atoms with Gasteiger partial charge in [-0.2, -0.15) is 0 Å². The Balaban J connectivity index is 2.19. The number of aromatic nitrogens is 1. The van der Waals surface area contributed by atoms with Crippen molar-refractivity contribution in [2.24, 2.45) is 5.92 Å². The molecule has 0 saturated heterocycles. The number of hydrogen-bond donors (Lipinski definition) is 1. The van der Waals surface area contributed by atoms with Crippen LogP contribution in [0.3, 0.4) is 0 Å². The summed E-state index contributed by atoms with van der Waals surface area (Å²) in [5.74, 6) is 0.719. The van der Waals surface area contributed by atoms with Gasteiger partial charge in [0.25, 0.3) is 0 Å². The molecule has 0 bridgehead atoms. The summed E-state index contributed by atoms with van der Waals surface area (Å²) in [5.41, 5.74) is 1.38. The van der Waals surface area contributed by atoms with Crippen molar-refractivity contribution in [2.75, 3.05) is 7.05 Å². The lowest BCUT2D eigenvalue weighted by Crippen LogP contribution is -2.24. The zero-order chi connectivity index (χ0) is 11.5. The molecule has 0 radical (unpaired) electrons. The maximum absolute atomic E-state index is 4.83. The van der Waals surface area contributed by atoms with E-state index in [0.717, 1.165) is 5.92 Å². The molecule has 0 aromatic carbocycles. The summed E-state index contributed by atoms with van der Waals surface area (Å²) in [7, 11) is 2.06. The molecule has 0 fully saturated rings. The van der Waals surface area contributed by atoms with E-state index in [0.29, 0.717) is 6.04 Å². The monoisotopic (exact) mass is 238 g/mol. The van der Waals surface area contributed by atoms with Crippen LogP contribution in [0.15, 0.2) is 0 Å². The first-order chi connectivity index (χ1) is 7.80. The van der Waals surface area contributed by atoms with Crippen molar-refractivity contribution in [3.05, 3.63) is 15.6 Å². The van der Waals surface area contributed by atoms with E-state index in [-0.39, 0.29) is 0 Å². The number of fused-ring (bicyclic) bond motifs is 1. The fourth-order valence-corrected chi connectivity index (χ4v) is 4.02. The van der Waals surface area contributed by atoms with Gasteiger partial charge in [-0.25, -0.2) is 4.98 Å². The van der Waals surface area contributed by atoms with Gasteiger partial charge < -0.3 is 5.32 Å². The van der Waals surface area contributed by atoms with Gasteiger partial charge in [0, 0.05) is 4.88 Å². The number of nitrogens with zero attached hydrogens (tertiary/aromatic N) is 1. The number of rotatable bonds is 5. The zero-order valence-electron chi connectivity index (χ0n) is 10.5. The van der Waals surface area contributed by atoms with Gasteiger partial charge >= 0.3 is 0 Å². The molecule has 0 amide bonds. The van der Waals surface area contributed by atoms with E-state index in [1.807, 2.05) is 11.3 Å². The van der Waals surface area contributed by atoms with Crippen molar-refractivity contribution in [1.82, 2.24) is 10.3 Å². The summed E-state index contributed by atoms with van der Waals surface area (Å²) in [6.07, 6.45) is 6.22. The molecule has 1 N–H and O–H groups in total. The van der Waals surface area contributed by atoms with Gasteiger partial charge in [-0.15, -0.1) is 11.3 Å². The van der Waals surface area contributed by atoms with Gasteiger partial charge in [0.1, 0.15) is 5.01 Å². The van der Waals surface area contributed by atoms with Gasteiger partial charge in [0.05, 0.1) is 11.7 Å². The summed E-state index contributed by atoms with van der Waals surface area (Å²) in [4.78, 5) is 6.38. The topological polar surface area (TPSA) is 24.9 Å². The maximum Gasteiger partial charge on any atom is 0.110 e. The van der Waals surface area contributed by atoms with Crippen molar-refractivity contribution >= 4 is 11.3 Å². The number of nitrogens with one attached hydrogen (secondary N) is 1. The first-order valence-electron chi connectivity index (χ1n) is 6.45. The van der Waals surface area contributed by atoms with Gasteiger partial charge in [-0.05, 0) is 32.2 Å². The van der Waals surface area contributed by atoms with E-state index < -0.39 is 0 Å². The van der Waals surface area contributed by atoms with Gasteiger partial charge in [-0.1, -0.05) is 26.7 Å². The first-order valence-corrected chi connectivity index (χ1v) is 7.27. The van der Waals surface area contributed by atoms with Crippen LogP contribution in [0.5, 0.6) is 0 Å². The Morgan fingerprint density at radius 2 is 2.06 bits per heavy atom. The summed E-state index contributed by atoms with van der Waals surface area (Å²) in [5, 5.41) is 4.78. The van der Waals surface area contributed by atoms with Gasteiger partial charge in [-0.3, -0.25) is 0 Å². The Labute approximate surface area is 102 Å². The third kappa shape index (κ3) is 2.16. The van der Waals surface area contributed by atoms with Crippen LogP contribution in [0.1, 0.15) is 54.7 Å². The van der Waals surface area contributed by atoms with Gasteiger partial charge in [0.15, 0.2) is 0 Å². The molecule has 2 rings (SSSR count). The predicted molar refractivity (Wildman–Crippen MR) is 70.0 cm³/mol. The van der Waals surface area contributed by atoms with Crippen molar-refractivity contribution in [3.63, 3.8) is 0 Å². The highest BCUT2D eigenvalue weighted by atomic mass is 32.1. The lowest BCUT2D eigenvalue weighted by atomic mass is 9.95. The first kappa shape index (κ1) is 12.1. The smallest absolute Gasteiger partial charge is 0.110 e. The fourth-order valence-electron chi connectivity index (χ4n) is 2.66. The molecule has 1 aromatic rings. The highest BCUT2D eigenvalue weighted by molar-refractivity contribution is 7.11. The van der Waals surface area contributed by atoms with Crippen LogP contribution >= 0.6 is 11.3 Å². The molecule has 0 aliphatic heterocycles. The van der Waals surface area contributed by atoms with E-state index in [9.17, 15) is 0 Å². The normalized spacial score (nSPS) is 16.8. The third-order valence-corrected chi connectivity index (χ3v) is 4.95. The average molecular weight is 238 g/mol. The van der Waals surface area contributed by atoms with Crippen molar-refractivity contribution in [1.29, 1.82) is 0 Å². The fraction of sp³-hybridized carbons (Fsp3) is 0.769. The van der Waals surface area contributed by atoms with E-state index in [1.54, 1.807) is 4.88 Å². The SMILES string of the molecule is CCC(CC)C(NC)c1nc2c(s1)CCC2. The molecule has 1 heterocycles. The van der Waals surface area contributed by atoms with Crippen LogP contribution in [0.25, 0.3) is 0 Å². The second-order valence-electron chi connectivity index (χ2n) is 4.62. The van der Waals surface area contributed by atoms with Crippen LogP contribution < -0.4 is 5.32 Å². The molecule has 3 heteroatoms. The lowest BCUT2D eigenvalue weighted by Gasteiger charge is -2.22. The molecular weight excluding hydrogens is 216 g/mol. The highest BCUT2D eigenvalue weighted by Gasteiger charge is 2.25. The molecule has 1 aliphatic rings. The summed E-state index contributed by atoms with van der Waals surface area (Å²) < 4.78 is 0. The number of hydrogen-bond acceptors (Lipinski definition) is 3. The largest absolute Gasteiger partial charge is 0.311 e. The maximum atomic E-state index is 4.83. The predicted octanol–water partition coefficient (Wildman–Crippen LogP) is 3.33. The number of thiazole rings is 1. The molecule has 0 spiro atoms. The molecular formula is C13H22N2S. The molecule has 1 aromatic heterocycles. The summed E-state index contributed by atoms with van der Waals surface area (Å²) >= 11 is 1.94. The average Bonchev–Trinajstić information content (AvgIpc) is 2.85. The minimum absolute atomic E-state index is 0.464. The van der Waals surface area contributed by atoms with Crippen LogP contribution in [0.2, 0.25) is 0 Å². The van der Waals surface area contributed by atoms with Crippen LogP contribution in [-0.2, 0) is 12.8 Å². The second kappa shape index (κ2) is 5.28. The Bertz CT molecular complexity index is 320. The van der Waals surface area contributed by atoms with E-state index in [4.69, 9.17) is 4.98 Å². The summed E-state index contributed by atoms with van der Waals surface area (Å²) in [6.45, 7) is 4.56. The lowest BCUT2D eigenvalue weighted by molar-refractivity contribution is 0.358. The van der Waals surface area contributed by atoms with Crippen molar-refractivity contribution < 1.29 is 0 Å². The Hall–Kier alpha value is -0.410. The van der Waals surface area contributed by atoms with Crippen LogP contribution in [-0.4, -0.2) is 12.0 Å². The molecule has 0 saturated carbocycles. The molecule has 1 unspecified atom stereocenters. The Kier molecular flexibility index (Phi) is 3.98. The third-order valence-electron chi connectivity index (χ3n) is 3.71. The minimum Gasteiger partial charge on any atom is -0.311 e. The Morgan fingerprint density at radius 1 is 1.31 bits per heavy atom. The van der Waals surface area contributed by atoms with Crippen molar-refractivity contribution in [2.45, 2.75) is 52.0 Å². The minimum atomic E-state index is 0.464. The zero-order valence-corrected chi connectivity index (χ0v) is 11.4. The molecule has 2 nitrogen and oxygen atoms in total. The van der Waals surface area contributed by atoms with Gasteiger partial charge in [0.2, 0.25) is 0 Å². The highest BCUT2D eigenvalue weighted by Crippen LogP contribution is 2.34. The second-order valence-corrected chi connectivity index (χ2v) is 5.73. The van der Waals surface area contributed by atoms with E-state index in [1.165, 1.54) is 42.8 Å². The standard InChI is InChI=1S/C13H22N2S/c1-4-9(5-2)12(14-3)13-15-10-7-6-8-11(10)16-13/h9,12,14H,4-8H2,1-3H3. The number of aryl methyl sites for hydroxylation is 2. The van der Waals surface area contributed by atoms with Crippen LogP contribution in [0.4, 0.5) is 0 Å². The molecule has 1 aliphatic carbocycles. The van der Waals surface area contributed by atoms with E-state index in [2.05, 4.69) is 26.2 Å². The summed E-state index contributed by atoms with van der Waals surface area (Å²) in [6, 6.07) is 0.464. The Morgan fingerprint density at radius 3 is 2.62 bits per heavy atom. The molecule has 1 atom stereocenters. The van der Waals surface area contributed by atoms with E-state index >= 15 is 0 Å². The molecule has 90 valence electrons. The quantitative estimate of drug-likeness (QED) is 0.851.